The molecule has 17 heavy (non-hydrogen) atoms. The molecule has 0 aromatic heterocycles. The lowest BCUT2D eigenvalue weighted by atomic mass is 9.98. The number of hydrogen-bond acceptors (Lipinski definition) is 2. The molecule has 1 aliphatic rings. The van der Waals surface area contributed by atoms with Gasteiger partial charge in [-0.1, -0.05) is 6.42 Å². The lowest BCUT2D eigenvalue weighted by molar-refractivity contribution is -0.137. The summed E-state index contributed by atoms with van der Waals surface area (Å²) >= 11 is 0. The molecule has 5 heteroatoms. The standard InChI is InChI=1S/C12H20F3NO/c13-12(14,15)8-3-5-11(17)7-6-10-4-1-2-9-16-10/h10,16H,1-9H2. The number of carbonyl (C=O) groups excluding carboxylic acids is 1. The average molecular weight is 251 g/mol. The van der Waals surface area contributed by atoms with Crippen molar-refractivity contribution in [3.63, 3.8) is 0 Å². The van der Waals surface area contributed by atoms with Crippen LogP contribution in [-0.4, -0.2) is 24.5 Å². The van der Waals surface area contributed by atoms with Gasteiger partial charge in [0.15, 0.2) is 0 Å². The maximum atomic E-state index is 11.9. The number of Topliss-reactive ketones (excluding diaryl/α,β-unsaturated/α-hetero) is 1. The first-order valence-corrected chi connectivity index (χ1v) is 6.29. The van der Waals surface area contributed by atoms with Gasteiger partial charge in [0.2, 0.25) is 0 Å². The highest BCUT2D eigenvalue weighted by Crippen LogP contribution is 2.22. The Labute approximate surface area is 100.0 Å². The Morgan fingerprint density at radius 2 is 2.00 bits per heavy atom. The van der Waals surface area contributed by atoms with Crippen molar-refractivity contribution in [3.05, 3.63) is 0 Å². The normalized spacial score (nSPS) is 21.5. The van der Waals surface area contributed by atoms with Crippen LogP contribution in [0.15, 0.2) is 0 Å². The van der Waals surface area contributed by atoms with Gasteiger partial charge in [-0.15, -0.1) is 0 Å². The van der Waals surface area contributed by atoms with Gasteiger partial charge in [-0.25, -0.2) is 0 Å². The van der Waals surface area contributed by atoms with Crippen molar-refractivity contribution in [2.75, 3.05) is 6.54 Å². The Morgan fingerprint density at radius 3 is 2.59 bits per heavy atom. The predicted octanol–water partition coefficient (Wildman–Crippen LogP) is 3.21. The second-order valence-electron chi connectivity index (χ2n) is 4.69. The van der Waals surface area contributed by atoms with E-state index in [1.807, 2.05) is 0 Å². The first kappa shape index (κ1) is 14.5. The SMILES string of the molecule is O=C(CCCC(F)(F)F)CCC1CCCCN1. The molecule has 1 fully saturated rings. The summed E-state index contributed by atoms with van der Waals surface area (Å²) in [7, 11) is 0. The smallest absolute Gasteiger partial charge is 0.314 e. The van der Waals surface area contributed by atoms with Crippen molar-refractivity contribution >= 4 is 5.78 Å². The first-order valence-electron chi connectivity index (χ1n) is 6.29. The summed E-state index contributed by atoms with van der Waals surface area (Å²) in [5.74, 6) is -0.0402. The molecule has 0 aliphatic carbocycles. The second kappa shape index (κ2) is 6.99. The molecule has 0 saturated carbocycles. The van der Waals surface area contributed by atoms with E-state index >= 15 is 0 Å². The van der Waals surface area contributed by atoms with Gasteiger partial charge in [0, 0.05) is 25.3 Å². The molecule has 100 valence electrons. The van der Waals surface area contributed by atoms with E-state index in [1.165, 1.54) is 12.8 Å². The summed E-state index contributed by atoms with van der Waals surface area (Å²) in [5, 5.41) is 3.32. The third-order valence-corrected chi connectivity index (χ3v) is 3.10. The summed E-state index contributed by atoms with van der Waals surface area (Å²) in [6.45, 7) is 0.993. The Balaban J connectivity index is 2.04. The van der Waals surface area contributed by atoms with Gasteiger partial charge < -0.3 is 5.32 Å². The third kappa shape index (κ3) is 7.36. The highest BCUT2D eigenvalue weighted by molar-refractivity contribution is 5.78. The van der Waals surface area contributed by atoms with E-state index in [-0.39, 0.29) is 18.6 Å². The number of piperidine rings is 1. The maximum absolute atomic E-state index is 11.9. The topological polar surface area (TPSA) is 29.1 Å². The molecular formula is C12H20F3NO. The van der Waals surface area contributed by atoms with Gasteiger partial charge >= 0.3 is 6.18 Å². The van der Waals surface area contributed by atoms with Crippen LogP contribution in [0.1, 0.15) is 51.4 Å². The van der Waals surface area contributed by atoms with Crippen LogP contribution in [0, 0.1) is 0 Å². The summed E-state index contributed by atoms with van der Waals surface area (Å²) in [5.41, 5.74) is 0. The van der Waals surface area contributed by atoms with Crippen molar-refractivity contribution < 1.29 is 18.0 Å². The number of halogens is 3. The number of carbonyl (C=O) groups is 1. The van der Waals surface area contributed by atoms with Crippen LogP contribution in [-0.2, 0) is 4.79 Å². The summed E-state index contributed by atoms with van der Waals surface area (Å²) in [6.07, 6.45) is -0.371. The lowest BCUT2D eigenvalue weighted by Crippen LogP contribution is -2.34. The molecule has 1 unspecified atom stereocenters. The molecule has 1 heterocycles. The summed E-state index contributed by atoms with van der Waals surface area (Å²) in [6, 6.07) is 0.385. The molecule has 1 aliphatic heterocycles. The van der Waals surface area contributed by atoms with E-state index in [9.17, 15) is 18.0 Å². The molecule has 2 nitrogen and oxygen atoms in total. The number of hydrogen-bond donors (Lipinski definition) is 1. The molecular weight excluding hydrogens is 231 g/mol. The minimum Gasteiger partial charge on any atom is -0.314 e. The molecule has 1 saturated heterocycles. The minimum absolute atomic E-state index is 0.0402. The molecule has 0 amide bonds. The van der Waals surface area contributed by atoms with E-state index < -0.39 is 12.6 Å². The Kier molecular flexibility index (Phi) is 5.95. The van der Waals surface area contributed by atoms with Crippen molar-refractivity contribution in [2.24, 2.45) is 0 Å². The molecule has 0 bridgehead atoms. The lowest BCUT2D eigenvalue weighted by Gasteiger charge is -2.22. The van der Waals surface area contributed by atoms with Crippen LogP contribution < -0.4 is 5.32 Å². The van der Waals surface area contributed by atoms with Crippen molar-refractivity contribution in [3.8, 4) is 0 Å². The molecule has 0 radical (unpaired) electrons. The minimum atomic E-state index is -4.13. The number of ketones is 1. The van der Waals surface area contributed by atoms with Crippen molar-refractivity contribution in [1.29, 1.82) is 0 Å². The molecule has 1 rings (SSSR count). The Bertz CT molecular complexity index is 234. The Hall–Kier alpha value is -0.580. The zero-order valence-electron chi connectivity index (χ0n) is 9.98. The van der Waals surface area contributed by atoms with Crippen LogP contribution in [0.5, 0.6) is 0 Å². The van der Waals surface area contributed by atoms with Crippen molar-refractivity contribution in [1.82, 2.24) is 5.32 Å². The van der Waals surface area contributed by atoms with E-state index in [1.54, 1.807) is 0 Å². The highest BCUT2D eigenvalue weighted by atomic mass is 19.4. The van der Waals surface area contributed by atoms with Gasteiger partial charge in [0.25, 0.3) is 0 Å². The number of rotatable bonds is 6. The quantitative estimate of drug-likeness (QED) is 0.785. The predicted molar refractivity (Wildman–Crippen MR) is 59.8 cm³/mol. The van der Waals surface area contributed by atoms with Crippen LogP contribution in [0.25, 0.3) is 0 Å². The van der Waals surface area contributed by atoms with Gasteiger partial charge in [0.1, 0.15) is 5.78 Å². The van der Waals surface area contributed by atoms with Gasteiger partial charge in [0.05, 0.1) is 0 Å². The van der Waals surface area contributed by atoms with Crippen LogP contribution >= 0.6 is 0 Å². The Morgan fingerprint density at radius 1 is 1.24 bits per heavy atom. The zero-order valence-corrected chi connectivity index (χ0v) is 9.98. The van der Waals surface area contributed by atoms with Crippen molar-refractivity contribution in [2.45, 2.75) is 63.6 Å². The second-order valence-corrected chi connectivity index (χ2v) is 4.69. The fourth-order valence-electron chi connectivity index (χ4n) is 2.12. The van der Waals surface area contributed by atoms with Gasteiger partial charge in [-0.05, 0) is 32.2 Å². The number of alkyl halides is 3. The van der Waals surface area contributed by atoms with E-state index in [4.69, 9.17) is 0 Å². The molecule has 0 aromatic carbocycles. The largest absolute Gasteiger partial charge is 0.389 e. The molecule has 0 aromatic rings. The molecule has 1 atom stereocenters. The van der Waals surface area contributed by atoms with Crippen LogP contribution in [0.3, 0.4) is 0 Å². The van der Waals surface area contributed by atoms with E-state index in [2.05, 4.69) is 5.32 Å². The maximum Gasteiger partial charge on any atom is 0.389 e. The van der Waals surface area contributed by atoms with Crippen LogP contribution in [0.2, 0.25) is 0 Å². The summed E-state index contributed by atoms with van der Waals surface area (Å²) in [4.78, 5) is 11.4. The fourth-order valence-corrected chi connectivity index (χ4v) is 2.12. The van der Waals surface area contributed by atoms with E-state index in [0.717, 1.165) is 19.4 Å². The van der Waals surface area contributed by atoms with Crippen LogP contribution in [0.4, 0.5) is 13.2 Å². The highest BCUT2D eigenvalue weighted by Gasteiger charge is 2.26. The third-order valence-electron chi connectivity index (χ3n) is 3.10. The van der Waals surface area contributed by atoms with Gasteiger partial charge in [-0.3, -0.25) is 4.79 Å². The van der Waals surface area contributed by atoms with Gasteiger partial charge in [-0.2, -0.15) is 13.2 Å². The van der Waals surface area contributed by atoms with E-state index in [0.29, 0.717) is 12.5 Å². The molecule has 1 N–H and O–H groups in total. The first-order chi connectivity index (χ1) is 7.97. The average Bonchev–Trinajstić information content (AvgIpc) is 2.26. The molecule has 0 spiro atoms. The number of nitrogens with one attached hydrogen (secondary N) is 1. The monoisotopic (exact) mass is 251 g/mol. The fraction of sp³-hybridized carbons (Fsp3) is 0.917. The zero-order chi connectivity index (χ0) is 12.7. The summed E-state index contributed by atoms with van der Waals surface area (Å²) < 4.78 is 35.6.